The fraction of sp³-hybridized carbons (Fsp3) is 0.292. The lowest BCUT2D eigenvalue weighted by atomic mass is 10.1. The van der Waals surface area contributed by atoms with Crippen LogP contribution in [0.3, 0.4) is 0 Å². The van der Waals surface area contributed by atoms with Gasteiger partial charge in [0.25, 0.3) is 5.91 Å². The summed E-state index contributed by atoms with van der Waals surface area (Å²) in [4.78, 5) is 22.1. The minimum absolute atomic E-state index is 0.118. The summed E-state index contributed by atoms with van der Waals surface area (Å²) in [5.74, 6) is 0.118. The van der Waals surface area contributed by atoms with Gasteiger partial charge < -0.3 is 9.80 Å². The van der Waals surface area contributed by atoms with Gasteiger partial charge in [0.2, 0.25) is 0 Å². The summed E-state index contributed by atoms with van der Waals surface area (Å²) in [6, 6.07) is 16.1. The molecule has 5 rings (SSSR count). The summed E-state index contributed by atoms with van der Waals surface area (Å²) in [7, 11) is 0. The Morgan fingerprint density at radius 1 is 0.935 bits per heavy atom. The Morgan fingerprint density at radius 3 is 2.35 bits per heavy atom. The number of benzene rings is 2. The molecule has 0 atom stereocenters. The van der Waals surface area contributed by atoms with E-state index < -0.39 is 0 Å². The first-order chi connectivity index (χ1) is 15.0. The van der Waals surface area contributed by atoms with Crippen molar-refractivity contribution in [1.82, 2.24) is 19.7 Å². The lowest BCUT2D eigenvalue weighted by Crippen LogP contribution is -2.48. The predicted molar refractivity (Wildman–Crippen MR) is 126 cm³/mol. The fourth-order valence-electron chi connectivity index (χ4n) is 4.01. The molecule has 3 heterocycles. The van der Waals surface area contributed by atoms with Gasteiger partial charge in [0.05, 0.1) is 16.1 Å². The second-order valence-electron chi connectivity index (χ2n) is 8.08. The molecule has 31 heavy (non-hydrogen) atoms. The van der Waals surface area contributed by atoms with Crippen LogP contribution in [-0.2, 0) is 0 Å². The quantitative estimate of drug-likeness (QED) is 0.483. The number of nitrogens with zero attached hydrogens (tertiary/aromatic N) is 5. The standard InChI is InChI=1S/C24H25N5OS/c1-16-8-10-19(11-9-16)29-22-21(18(3)26-29)31-24(25-22)28-14-12-27(13-15-28)23(30)20-7-5-4-6-17(20)2/h4-11H,12-15H2,1-3H3. The number of aromatic nitrogens is 3. The zero-order chi connectivity index (χ0) is 21.5. The van der Waals surface area contributed by atoms with E-state index in [1.807, 2.05) is 47.7 Å². The first-order valence-corrected chi connectivity index (χ1v) is 11.4. The van der Waals surface area contributed by atoms with Crippen LogP contribution < -0.4 is 4.90 Å². The van der Waals surface area contributed by atoms with Crippen molar-refractivity contribution in [2.45, 2.75) is 20.8 Å². The van der Waals surface area contributed by atoms with Crippen molar-refractivity contribution >= 4 is 32.7 Å². The van der Waals surface area contributed by atoms with E-state index in [4.69, 9.17) is 10.1 Å². The van der Waals surface area contributed by atoms with Gasteiger partial charge in [-0.15, -0.1) is 0 Å². The minimum atomic E-state index is 0.118. The number of amides is 1. The highest BCUT2D eigenvalue weighted by Gasteiger charge is 2.26. The van der Waals surface area contributed by atoms with E-state index in [-0.39, 0.29) is 5.91 Å². The molecule has 0 radical (unpaired) electrons. The molecule has 2 aromatic carbocycles. The second-order valence-corrected chi connectivity index (χ2v) is 9.05. The number of carbonyl (C=O) groups excluding carboxylic acids is 1. The van der Waals surface area contributed by atoms with Crippen LogP contribution in [0.4, 0.5) is 5.13 Å². The van der Waals surface area contributed by atoms with E-state index in [2.05, 4.69) is 36.1 Å². The molecule has 0 aliphatic carbocycles. The molecule has 0 unspecified atom stereocenters. The molecule has 0 saturated carbocycles. The van der Waals surface area contributed by atoms with Crippen molar-refractivity contribution in [2.24, 2.45) is 0 Å². The molecule has 1 amide bonds. The van der Waals surface area contributed by atoms with Crippen LogP contribution in [-0.4, -0.2) is 51.8 Å². The van der Waals surface area contributed by atoms with Crippen molar-refractivity contribution in [3.63, 3.8) is 0 Å². The Hall–Kier alpha value is -3.19. The van der Waals surface area contributed by atoms with E-state index in [9.17, 15) is 4.79 Å². The lowest BCUT2D eigenvalue weighted by Gasteiger charge is -2.34. The highest BCUT2D eigenvalue weighted by atomic mass is 32.1. The van der Waals surface area contributed by atoms with Crippen LogP contribution >= 0.6 is 11.3 Å². The summed E-state index contributed by atoms with van der Waals surface area (Å²) in [5, 5.41) is 5.71. The predicted octanol–water partition coefficient (Wildman–Crippen LogP) is 4.37. The third-order valence-corrected chi connectivity index (χ3v) is 7.08. The van der Waals surface area contributed by atoms with E-state index in [1.165, 1.54) is 5.56 Å². The molecule has 0 N–H and O–H groups in total. The zero-order valence-corrected chi connectivity index (χ0v) is 18.8. The number of hydrogen-bond donors (Lipinski definition) is 0. The molecular formula is C24H25N5OS. The number of hydrogen-bond acceptors (Lipinski definition) is 5. The van der Waals surface area contributed by atoms with Crippen molar-refractivity contribution < 1.29 is 4.79 Å². The number of anilines is 1. The highest BCUT2D eigenvalue weighted by Crippen LogP contribution is 2.33. The summed E-state index contributed by atoms with van der Waals surface area (Å²) in [5.41, 5.74) is 5.96. The summed E-state index contributed by atoms with van der Waals surface area (Å²) < 4.78 is 3.05. The van der Waals surface area contributed by atoms with Gasteiger partial charge in [-0.2, -0.15) is 10.1 Å². The van der Waals surface area contributed by atoms with Crippen LogP contribution in [0.15, 0.2) is 48.5 Å². The van der Waals surface area contributed by atoms with Crippen LogP contribution in [0, 0.1) is 20.8 Å². The summed E-state index contributed by atoms with van der Waals surface area (Å²) >= 11 is 1.69. The SMILES string of the molecule is Cc1ccc(-n2nc(C)c3sc(N4CCN(C(=O)c5ccccc5C)CC4)nc32)cc1. The van der Waals surface area contributed by atoms with Gasteiger partial charge in [-0.3, -0.25) is 4.79 Å². The molecule has 1 aliphatic rings. The molecule has 2 aromatic heterocycles. The maximum Gasteiger partial charge on any atom is 0.254 e. The number of aryl methyl sites for hydroxylation is 3. The third-order valence-electron chi connectivity index (χ3n) is 5.87. The Labute approximate surface area is 185 Å². The first-order valence-electron chi connectivity index (χ1n) is 10.5. The lowest BCUT2D eigenvalue weighted by molar-refractivity contribution is 0.0746. The maximum absolute atomic E-state index is 12.9. The van der Waals surface area contributed by atoms with Crippen molar-refractivity contribution in [2.75, 3.05) is 31.1 Å². The topological polar surface area (TPSA) is 54.3 Å². The number of piperazine rings is 1. The number of thiazole rings is 1. The zero-order valence-electron chi connectivity index (χ0n) is 18.0. The highest BCUT2D eigenvalue weighted by molar-refractivity contribution is 7.22. The minimum Gasteiger partial charge on any atom is -0.344 e. The van der Waals surface area contributed by atoms with Crippen molar-refractivity contribution in [3.05, 3.63) is 70.9 Å². The van der Waals surface area contributed by atoms with E-state index in [1.54, 1.807) is 11.3 Å². The molecule has 158 valence electrons. The molecule has 1 aliphatic heterocycles. The second kappa shape index (κ2) is 7.81. The van der Waals surface area contributed by atoms with Crippen molar-refractivity contribution in [3.8, 4) is 5.69 Å². The van der Waals surface area contributed by atoms with Gasteiger partial charge in [-0.1, -0.05) is 47.2 Å². The first kappa shape index (κ1) is 19.8. The molecule has 7 heteroatoms. The van der Waals surface area contributed by atoms with E-state index >= 15 is 0 Å². The van der Waals surface area contributed by atoms with Gasteiger partial charge in [0, 0.05) is 31.7 Å². The third kappa shape index (κ3) is 3.59. The Morgan fingerprint density at radius 2 is 1.65 bits per heavy atom. The van der Waals surface area contributed by atoms with Crippen LogP contribution in [0.2, 0.25) is 0 Å². The number of carbonyl (C=O) groups is 1. The van der Waals surface area contributed by atoms with Crippen molar-refractivity contribution in [1.29, 1.82) is 0 Å². The summed E-state index contributed by atoms with van der Waals surface area (Å²) in [6.45, 7) is 9.07. The molecular weight excluding hydrogens is 406 g/mol. The van der Waals surface area contributed by atoms with Gasteiger partial charge in [0.15, 0.2) is 10.8 Å². The molecule has 0 bridgehead atoms. The van der Waals surface area contributed by atoms with Crippen LogP contribution in [0.25, 0.3) is 16.0 Å². The molecule has 6 nitrogen and oxygen atoms in total. The number of rotatable bonds is 3. The molecule has 4 aromatic rings. The largest absolute Gasteiger partial charge is 0.344 e. The van der Waals surface area contributed by atoms with E-state index in [0.717, 1.165) is 51.1 Å². The monoisotopic (exact) mass is 431 g/mol. The normalized spacial score (nSPS) is 14.4. The molecule has 1 saturated heterocycles. The van der Waals surface area contributed by atoms with Gasteiger partial charge >= 0.3 is 0 Å². The Bertz CT molecular complexity index is 1250. The van der Waals surface area contributed by atoms with E-state index in [0.29, 0.717) is 13.1 Å². The average molecular weight is 432 g/mol. The number of fused-ring (bicyclic) bond motifs is 1. The fourth-order valence-corrected chi connectivity index (χ4v) is 5.05. The average Bonchev–Trinajstić information content (AvgIpc) is 3.35. The Kier molecular flexibility index (Phi) is 4.98. The smallest absolute Gasteiger partial charge is 0.254 e. The van der Waals surface area contributed by atoms with Crippen LogP contribution in [0.1, 0.15) is 27.2 Å². The molecule has 1 fully saturated rings. The van der Waals surface area contributed by atoms with Gasteiger partial charge in [0.1, 0.15) is 0 Å². The van der Waals surface area contributed by atoms with Gasteiger partial charge in [-0.25, -0.2) is 4.68 Å². The van der Waals surface area contributed by atoms with Crippen LogP contribution in [0.5, 0.6) is 0 Å². The Balaban J connectivity index is 1.35. The molecule has 0 spiro atoms. The maximum atomic E-state index is 12.9. The summed E-state index contributed by atoms with van der Waals surface area (Å²) in [6.07, 6.45) is 0. The van der Waals surface area contributed by atoms with Gasteiger partial charge in [-0.05, 0) is 44.5 Å².